The van der Waals surface area contributed by atoms with Gasteiger partial charge in [0.2, 0.25) is 0 Å². The molecule has 1 aromatic carbocycles. The first-order chi connectivity index (χ1) is 15.1. The quantitative estimate of drug-likeness (QED) is 0.371. The highest BCUT2D eigenvalue weighted by atomic mass is 16.7. The van der Waals surface area contributed by atoms with Gasteiger partial charge < -0.3 is 19.3 Å². The largest absolute Gasteiger partial charge is 0.507 e. The average Bonchev–Trinajstić information content (AvgIpc) is 3.16. The monoisotopic (exact) mass is 442 g/mol. The maximum atomic E-state index is 13.3. The van der Waals surface area contributed by atoms with Crippen LogP contribution >= 0.6 is 0 Å². The number of ketones is 3. The number of phenolic OH excluding ortho intramolecular Hbond substituents is 1. The van der Waals surface area contributed by atoms with Gasteiger partial charge in [0, 0.05) is 16.7 Å². The molecule has 1 atom stereocenters. The lowest BCUT2D eigenvalue weighted by molar-refractivity contribution is -0.164. The molecule has 1 N–H and O–H groups in total. The number of carbonyl (C=O) groups is 4. The number of carbonyl (C=O) groups excluding carboxylic acids is 4. The zero-order valence-electron chi connectivity index (χ0n) is 18.4. The summed E-state index contributed by atoms with van der Waals surface area (Å²) in [6, 6.07) is 4.25. The summed E-state index contributed by atoms with van der Waals surface area (Å²) in [4.78, 5) is 52.1. The summed E-state index contributed by atoms with van der Waals surface area (Å²) in [6.45, 7) is 7.77. The van der Waals surface area contributed by atoms with Crippen LogP contribution in [0.25, 0.3) is 0 Å². The molecule has 0 radical (unpaired) electrons. The molecule has 0 saturated carbocycles. The van der Waals surface area contributed by atoms with E-state index in [1.807, 2.05) is 0 Å². The first kappa shape index (κ1) is 23.6. The van der Waals surface area contributed by atoms with Crippen molar-refractivity contribution in [2.75, 3.05) is 20.3 Å². The van der Waals surface area contributed by atoms with Gasteiger partial charge in [-0.3, -0.25) is 19.2 Å². The van der Waals surface area contributed by atoms with Crippen molar-refractivity contribution in [3.63, 3.8) is 0 Å². The molecule has 1 unspecified atom stereocenters. The van der Waals surface area contributed by atoms with E-state index in [1.54, 1.807) is 13.8 Å². The van der Waals surface area contributed by atoms with Crippen LogP contribution in [0, 0.1) is 5.92 Å². The van der Waals surface area contributed by atoms with Gasteiger partial charge in [-0.05, 0) is 32.8 Å². The van der Waals surface area contributed by atoms with E-state index in [0.29, 0.717) is 18.8 Å². The lowest BCUT2D eigenvalue weighted by Crippen LogP contribution is -2.36. The number of allylic oxidation sites excluding steroid dienone is 3. The first-order valence-corrected chi connectivity index (χ1v) is 10.2. The summed E-state index contributed by atoms with van der Waals surface area (Å²) in [5, 5.41) is 10.2. The molecular weight excluding hydrogens is 416 g/mol. The smallest absolute Gasteiger partial charge is 0.316 e. The molecule has 8 heteroatoms. The standard InChI is InChI=1S/C24H26O8/c1-13(2)10-15-16(22(28)20-14(21(15)27)6-5-7-18(20)25)11-17(23(29)30-4)19(26)12-24(3)31-8-9-32-24/h5-7,17,25H,1,8-12H2,2-4H3. The van der Waals surface area contributed by atoms with Gasteiger partial charge in [-0.2, -0.15) is 0 Å². The van der Waals surface area contributed by atoms with Gasteiger partial charge in [-0.25, -0.2) is 0 Å². The molecule has 2 aliphatic rings. The van der Waals surface area contributed by atoms with Crippen LogP contribution in [0.15, 0.2) is 41.5 Å². The van der Waals surface area contributed by atoms with Crippen LogP contribution in [0.3, 0.4) is 0 Å². The molecule has 170 valence electrons. The molecule has 0 amide bonds. The predicted octanol–water partition coefficient (Wildman–Crippen LogP) is 2.94. The van der Waals surface area contributed by atoms with Crippen molar-refractivity contribution in [1.82, 2.24) is 0 Å². The van der Waals surface area contributed by atoms with Crippen LogP contribution in [-0.2, 0) is 23.8 Å². The third kappa shape index (κ3) is 4.56. The number of hydrogen-bond acceptors (Lipinski definition) is 8. The Morgan fingerprint density at radius 1 is 1.19 bits per heavy atom. The Bertz CT molecular complexity index is 1030. The third-order valence-electron chi connectivity index (χ3n) is 5.58. The minimum Gasteiger partial charge on any atom is -0.507 e. The van der Waals surface area contributed by atoms with Crippen molar-refractivity contribution < 1.29 is 38.5 Å². The fourth-order valence-electron chi connectivity index (χ4n) is 4.03. The van der Waals surface area contributed by atoms with Crippen molar-refractivity contribution in [1.29, 1.82) is 0 Å². The number of Topliss-reactive ketones (excluding diaryl/α,β-unsaturated/α-hetero) is 3. The van der Waals surface area contributed by atoms with E-state index in [2.05, 4.69) is 6.58 Å². The maximum Gasteiger partial charge on any atom is 0.316 e. The first-order valence-electron chi connectivity index (χ1n) is 10.2. The molecule has 8 nitrogen and oxygen atoms in total. The van der Waals surface area contributed by atoms with E-state index in [4.69, 9.17) is 14.2 Å². The fourth-order valence-corrected chi connectivity index (χ4v) is 4.03. The Hall–Kier alpha value is -3.10. The lowest BCUT2D eigenvalue weighted by Gasteiger charge is -2.26. The van der Waals surface area contributed by atoms with Crippen LogP contribution < -0.4 is 0 Å². The van der Waals surface area contributed by atoms with Crippen molar-refractivity contribution in [3.8, 4) is 5.75 Å². The van der Waals surface area contributed by atoms with Gasteiger partial charge in [0.15, 0.2) is 23.1 Å². The van der Waals surface area contributed by atoms with Gasteiger partial charge >= 0.3 is 5.97 Å². The number of hydrogen-bond donors (Lipinski definition) is 1. The summed E-state index contributed by atoms with van der Waals surface area (Å²) in [7, 11) is 1.14. The molecular formula is C24H26O8. The lowest BCUT2D eigenvalue weighted by atomic mass is 9.77. The van der Waals surface area contributed by atoms with Gasteiger partial charge in [0.1, 0.15) is 11.7 Å². The zero-order valence-corrected chi connectivity index (χ0v) is 18.4. The summed E-state index contributed by atoms with van der Waals surface area (Å²) in [6.07, 6.45) is -0.469. The van der Waals surface area contributed by atoms with Crippen LogP contribution in [0.2, 0.25) is 0 Å². The second-order valence-electron chi connectivity index (χ2n) is 8.20. The summed E-state index contributed by atoms with van der Waals surface area (Å²) < 4.78 is 15.7. The van der Waals surface area contributed by atoms with Crippen LogP contribution in [-0.4, -0.2) is 54.5 Å². The Morgan fingerprint density at radius 2 is 1.84 bits per heavy atom. The molecule has 1 aliphatic heterocycles. The number of ether oxygens (including phenoxy) is 3. The molecule has 1 aromatic rings. The van der Waals surface area contributed by atoms with E-state index in [1.165, 1.54) is 18.2 Å². The fraction of sp³-hybridized carbons (Fsp3) is 0.417. The van der Waals surface area contributed by atoms with Gasteiger partial charge in [0.25, 0.3) is 0 Å². The van der Waals surface area contributed by atoms with Crippen LogP contribution in [0.5, 0.6) is 5.75 Å². The van der Waals surface area contributed by atoms with Crippen molar-refractivity contribution in [2.24, 2.45) is 5.92 Å². The maximum absolute atomic E-state index is 13.3. The molecule has 32 heavy (non-hydrogen) atoms. The van der Waals surface area contributed by atoms with Crippen molar-refractivity contribution in [3.05, 3.63) is 52.6 Å². The minimum atomic E-state index is -1.34. The Kier molecular flexibility index (Phi) is 6.76. The van der Waals surface area contributed by atoms with E-state index in [9.17, 15) is 24.3 Å². The Labute approximate surface area is 185 Å². The van der Waals surface area contributed by atoms with E-state index >= 15 is 0 Å². The van der Waals surface area contributed by atoms with E-state index < -0.39 is 35.0 Å². The van der Waals surface area contributed by atoms with Crippen LogP contribution in [0.1, 0.15) is 53.8 Å². The van der Waals surface area contributed by atoms with E-state index in [-0.39, 0.29) is 47.3 Å². The second kappa shape index (κ2) is 9.18. The predicted molar refractivity (Wildman–Crippen MR) is 113 cm³/mol. The normalized spacial score (nSPS) is 18.3. The molecule has 1 saturated heterocycles. The second-order valence-corrected chi connectivity index (χ2v) is 8.20. The zero-order chi connectivity index (χ0) is 23.6. The van der Waals surface area contributed by atoms with Gasteiger partial charge in [0.05, 0.1) is 32.3 Å². The number of esters is 1. The highest BCUT2D eigenvalue weighted by molar-refractivity contribution is 6.28. The molecule has 1 heterocycles. The van der Waals surface area contributed by atoms with Crippen LogP contribution in [0.4, 0.5) is 0 Å². The molecule has 0 spiro atoms. The average molecular weight is 442 g/mol. The van der Waals surface area contributed by atoms with Crippen molar-refractivity contribution >= 4 is 23.3 Å². The molecule has 0 bridgehead atoms. The third-order valence-corrected chi connectivity index (χ3v) is 5.58. The molecule has 1 aliphatic carbocycles. The van der Waals surface area contributed by atoms with Crippen molar-refractivity contribution in [2.45, 2.75) is 38.9 Å². The van der Waals surface area contributed by atoms with E-state index in [0.717, 1.165) is 7.11 Å². The summed E-state index contributed by atoms with van der Waals surface area (Å²) in [5.41, 5.74) is 0.721. The number of benzene rings is 1. The number of phenols is 1. The number of aromatic hydroxyl groups is 1. The Balaban J connectivity index is 2.03. The molecule has 3 rings (SSSR count). The highest BCUT2D eigenvalue weighted by Crippen LogP contribution is 2.37. The topological polar surface area (TPSA) is 116 Å². The summed E-state index contributed by atoms with van der Waals surface area (Å²) >= 11 is 0. The number of methoxy groups -OCH3 is 1. The molecule has 0 aromatic heterocycles. The number of rotatable bonds is 8. The van der Waals surface area contributed by atoms with Gasteiger partial charge in [-0.15, -0.1) is 0 Å². The molecule has 1 fully saturated rings. The van der Waals surface area contributed by atoms with Gasteiger partial charge in [-0.1, -0.05) is 24.3 Å². The Morgan fingerprint density at radius 3 is 2.44 bits per heavy atom. The number of fused-ring (bicyclic) bond motifs is 1. The highest BCUT2D eigenvalue weighted by Gasteiger charge is 2.41. The summed E-state index contributed by atoms with van der Waals surface area (Å²) in [5.74, 6) is -5.27. The minimum absolute atomic E-state index is 0.00541. The SMILES string of the molecule is C=C(C)CC1=C(CC(C(=O)CC2(C)OCCO2)C(=O)OC)C(=O)c2c(O)cccc2C1=O.